The number of carbonyl (C=O) groups excluding carboxylic acids is 1. The molecule has 45 heavy (non-hydrogen) atoms. The molecule has 9 nitrogen and oxygen atoms in total. The number of fused-ring (bicyclic) bond motifs is 1. The first-order valence-electron chi connectivity index (χ1n) is 14.7. The number of methoxy groups -OCH3 is 1. The quantitative estimate of drug-likeness (QED) is 0.112. The minimum Gasteiger partial charge on any atom is -0.493 e. The molecule has 0 aliphatic rings. The van der Waals surface area contributed by atoms with Gasteiger partial charge in [0.15, 0.2) is 11.5 Å². The number of benzene rings is 4. The van der Waals surface area contributed by atoms with Crippen molar-refractivity contribution in [1.29, 1.82) is 0 Å². The summed E-state index contributed by atoms with van der Waals surface area (Å²) in [6.07, 6.45) is 3.57. The van der Waals surface area contributed by atoms with Crippen LogP contribution in [-0.4, -0.2) is 48.3 Å². The number of aliphatic carboxylic acids is 1. The number of carbonyl (C=O) groups is 2. The van der Waals surface area contributed by atoms with Crippen LogP contribution >= 0.6 is 0 Å². The van der Waals surface area contributed by atoms with Gasteiger partial charge in [-0.2, -0.15) is 0 Å². The van der Waals surface area contributed by atoms with Gasteiger partial charge in [-0.3, -0.25) is 14.6 Å². The van der Waals surface area contributed by atoms with E-state index in [1.165, 1.54) is 0 Å². The van der Waals surface area contributed by atoms with E-state index in [1.807, 2.05) is 60.7 Å². The molecule has 0 radical (unpaired) electrons. The first-order valence-corrected chi connectivity index (χ1v) is 14.7. The van der Waals surface area contributed by atoms with Gasteiger partial charge in [0.2, 0.25) is 0 Å². The van der Waals surface area contributed by atoms with Crippen molar-refractivity contribution in [2.75, 3.05) is 25.6 Å². The van der Waals surface area contributed by atoms with E-state index in [4.69, 9.17) is 14.2 Å². The largest absolute Gasteiger partial charge is 0.493 e. The van der Waals surface area contributed by atoms with Crippen molar-refractivity contribution in [3.05, 3.63) is 120 Å². The van der Waals surface area contributed by atoms with Crippen LogP contribution in [0.5, 0.6) is 23.0 Å². The fraction of sp³-hybridized carbons (Fsp3) is 0.194. The number of amides is 1. The van der Waals surface area contributed by atoms with Crippen molar-refractivity contribution < 1.29 is 28.9 Å². The van der Waals surface area contributed by atoms with Gasteiger partial charge in [-0.15, -0.1) is 0 Å². The number of hydrogen-bond acceptors (Lipinski definition) is 7. The molecule has 0 fully saturated rings. The molecule has 0 aliphatic heterocycles. The summed E-state index contributed by atoms with van der Waals surface area (Å²) in [5.74, 6) is 1.26. The van der Waals surface area contributed by atoms with Gasteiger partial charge in [0.1, 0.15) is 17.5 Å². The van der Waals surface area contributed by atoms with Crippen LogP contribution in [0.15, 0.2) is 109 Å². The number of anilines is 1. The van der Waals surface area contributed by atoms with Crippen LogP contribution in [0, 0.1) is 0 Å². The Bertz CT molecular complexity index is 1710. The number of aromatic nitrogens is 1. The zero-order valence-electron chi connectivity index (χ0n) is 24.9. The second-order valence-corrected chi connectivity index (χ2v) is 10.4. The predicted molar refractivity (Wildman–Crippen MR) is 174 cm³/mol. The summed E-state index contributed by atoms with van der Waals surface area (Å²) in [5.41, 5.74) is 2.90. The smallest absolute Gasteiger partial charge is 0.321 e. The summed E-state index contributed by atoms with van der Waals surface area (Å²) < 4.78 is 17.8. The Morgan fingerprint density at radius 1 is 0.844 bits per heavy atom. The predicted octanol–water partition coefficient (Wildman–Crippen LogP) is 6.73. The lowest BCUT2D eigenvalue weighted by Gasteiger charge is -2.15. The average molecular weight is 606 g/mol. The molecule has 0 saturated carbocycles. The van der Waals surface area contributed by atoms with Crippen molar-refractivity contribution in [2.45, 2.75) is 25.3 Å². The maximum Gasteiger partial charge on any atom is 0.321 e. The third kappa shape index (κ3) is 8.58. The van der Waals surface area contributed by atoms with Gasteiger partial charge in [-0.25, -0.2) is 0 Å². The van der Waals surface area contributed by atoms with Crippen LogP contribution in [0.1, 0.15) is 28.8 Å². The van der Waals surface area contributed by atoms with E-state index in [1.54, 1.807) is 55.8 Å². The molecule has 0 bridgehead atoms. The van der Waals surface area contributed by atoms with Gasteiger partial charge in [0, 0.05) is 28.9 Å². The van der Waals surface area contributed by atoms with Crippen molar-refractivity contribution in [1.82, 2.24) is 10.3 Å². The van der Waals surface area contributed by atoms with Gasteiger partial charge in [0.05, 0.1) is 19.2 Å². The third-order valence-corrected chi connectivity index (χ3v) is 7.16. The zero-order valence-corrected chi connectivity index (χ0v) is 24.9. The fourth-order valence-electron chi connectivity index (χ4n) is 4.80. The van der Waals surface area contributed by atoms with Crippen LogP contribution < -0.4 is 24.8 Å². The molecule has 1 heterocycles. The minimum absolute atomic E-state index is 0.183. The third-order valence-electron chi connectivity index (χ3n) is 7.16. The summed E-state index contributed by atoms with van der Waals surface area (Å²) >= 11 is 0. The van der Waals surface area contributed by atoms with Crippen molar-refractivity contribution in [3.8, 4) is 23.0 Å². The molecule has 3 N–H and O–H groups in total. The number of nitrogens with one attached hydrogen (secondary N) is 2. The van der Waals surface area contributed by atoms with Gasteiger partial charge < -0.3 is 30.0 Å². The maximum absolute atomic E-state index is 12.4. The molecule has 9 heteroatoms. The molecule has 0 saturated heterocycles. The monoisotopic (exact) mass is 605 g/mol. The number of carboxylic acid groups (broad SMARTS) is 1. The minimum atomic E-state index is -0.865. The first-order chi connectivity index (χ1) is 22.0. The highest BCUT2D eigenvalue weighted by atomic mass is 16.5. The van der Waals surface area contributed by atoms with E-state index in [-0.39, 0.29) is 5.91 Å². The molecular weight excluding hydrogens is 570 g/mol. The molecule has 230 valence electrons. The molecule has 4 aromatic carbocycles. The SMILES string of the molecule is COc1cc2c(Oc3ccc(NC(=O)c4ccccc4)cc3)ccnc2cc1OCCCCNC(Cc1ccccc1)C(=O)O. The summed E-state index contributed by atoms with van der Waals surface area (Å²) in [6, 6.07) is 30.6. The molecule has 1 amide bonds. The van der Waals surface area contributed by atoms with Gasteiger partial charge >= 0.3 is 5.97 Å². The van der Waals surface area contributed by atoms with Gasteiger partial charge in [0.25, 0.3) is 5.91 Å². The maximum atomic E-state index is 12.4. The number of unbranched alkanes of at least 4 members (excludes halogenated alkanes) is 1. The van der Waals surface area contributed by atoms with Crippen LogP contribution in [0.3, 0.4) is 0 Å². The highest BCUT2D eigenvalue weighted by molar-refractivity contribution is 6.04. The van der Waals surface area contributed by atoms with E-state index in [9.17, 15) is 14.7 Å². The van der Waals surface area contributed by atoms with Crippen LogP contribution in [0.4, 0.5) is 5.69 Å². The highest BCUT2D eigenvalue weighted by Gasteiger charge is 2.17. The van der Waals surface area contributed by atoms with Crippen molar-refractivity contribution in [2.24, 2.45) is 0 Å². The molecule has 1 unspecified atom stereocenters. The summed E-state index contributed by atoms with van der Waals surface area (Å²) in [4.78, 5) is 28.6. The number of ether oxygens (including phenoxy) is 3. The molecule has 0 spiro atoms. The number of hydrogen-bond donors (Lipinski definition) is 3. The summed E-state index contributed by atoms with van der Waals surface area (Å²) in [6.45, 7) is 0.994. The second kappa shape index (κ2) is 15.4. The number of pyridine rings is 1. The molecule has 1 aromatic heterocycles. The fourth-order valence-corrected chi connectivity index (χ4v) is 4.80. The van der Waals surface area contributed by atoms with Crippen molar-refractivity contribution in [3.63, 3.8) is 0 Å². The van der Waals surface area contributed by atoms with E-state index < -0.39 is 12.0 Å². The van der Waals surface area contributed by atoms with Crippen molar-refractivity contribution >= 4 is 28.5 Å². The van der Waals surface area contributed by atoms with Gasteiger partial charge in [-0.05, 0) is 79.9 Å². The Kier molecular flexibility index (Phi) is 10.6. The lowest BCUT2D eigenvalue weighted by molar-refractivity contribution is -0.139. The van der Waals surface area contributed by atoms with Gasteiger partial charge in [-0.1, -0.05) is 48.5 Å². The Labute approximate surface area is 261 Å². The molecule has 1 atom stereocenters. The summed E-state index contributed by atoms with van der Waals surface area (Å²) in [7, 11) is 1.58. The number of nitrogens with zero attached hydrogens (tertiary/aromatic N) is 1. The Morgan fingerprint density at radius 3 is 2.29 bits per heavy atom. The lowest BCUT2D eigenvalue weighted by atomic mass is 10.1. The van der Waals surface area contributed by atoms with Crippen LogP contribution in [0.25, 0.3) is 10.9 Å². The molecule has 0 aliphatic carbocycles. The second-order valence-electron chi connectivity index (χ2n) is 10.4. The average Bonchev–Trinajstić information content (AvgIpc) is 3.07. The van der Waals surface area contributed by atoms with E-state index >= 15 is 0 Å². The normalized spacial score (nSPS) is 11.5. The number of carboxylic acids is 1. The molecule has 5 rings (SSSR count). The molecule has 5 aromatic rings. The Morgan fingerprint density at radius 2 is 1.58 bits per heavy atom. The highest BCUT2D eigenvalue weighted by Crippen LogP contribution is 2.37. The summed E-state index contributed by atoms with van der Waals surface area (Å²) in [5, 5.41) is 16.4. The standard InChI is InChI=1S/C36H35N3O6/c1-43-33-23-29-30(24-34(33)44-21-9-8-19-37-31(36(41)42)22-25-10-4-2-5-11-25)38-20-18-32(29)45-28-16-14-27(15-17-28)39-35(40)26-12-6-3-7-13-26/h2-7,10-18,20,23-24,31,37H,8-9,19,21-22H2,1H3,(H,39,40)(H,41,42). The van der Waals surface area contributed by atoms with Crippen LogP contribution in [-0.2, 0) is 11.2 Å². The van der Waals surface area contributed by atoms with E-state index in [0.29, 0.717) is 59.3 Å². The first kappa shape index (κ1) is 31.0. The Hall–Kier alpha value is -5.41. The number of rotatable bonds is 15. The lowest BCUT2D eigenvalue weighted by Crippen LogP contribution is -2.39. The zero-order chi connectivity index (χ0) is 31.4. The van der Waals surface area contributed by atoms with E-state index in [2.05, 4.69) is 15.6 Å². The molecular formula is C36H35N3O6. The van der Waals surface area contributed by atoms with E-state index in [0.717, 1.165) is 23.8 Å². The van der Waals surface area contributed by atoms with Crippen LogP contribution in [0.2, 0.25) is 0 Å². The topological polar surface area (TPSA) is 119 Å². The Balaban J connectivity index is 1.15.